The number of nitrogens with zero attached hydrogens (tertiary/aromatic N) is 4. The van der Waals surface area contributed by atoms with Crippen LogP contribution in [0.3, 0.4) is 0 Å². The first-order valence-corrected chi connectivity index (χ1v) is 9.85. The van der Waals surface area contributed by atoms with Crippen LogP contribution in [0, 0.1) is 0 Å². The highest BCUT2D eigenvalue weighted by Gasteiger charge is 2.34. The van der Waals surface area contributed by atoms with Crippen molar-refractivity contribution in [2.75, 3.05) is 44.2 Å². The van der Waals surface area contributed by atoms with Crippen molar-refractivity contribution < 1.29 is 22.7 Å². The summed E-state index contributed by atoms with van der Waals surface area (Å²) in [6, 6.07) is 2.26. The number of alkyl halides is 3. The average molecular weight is 417 g/mol. The lowest BCUT2D eigenvalue weighted by atomic mass is 10.2. The standard InChI is InChI=1S/C17H22F3N5O2S/c1-2-11-9-12-14(22-16(27-8-3-21)23-15(12)28-11)25-6-4-24(5-7-25)13(26)10-17(18,19)20/h9H,2-8,10,21H2,1H3. The Labute approximate surface area is 164 Å². The van der Waals surface area contributed by atoms with Crippen LogP contribution >= 0.6 is 11.3 Å². The van der Waals surface area contributed by atoms with Crippen molar-refractivity contribution >= 4 is 33.3 Å². The van der Waals surface area contributed by atoms with Crippen LogP contribution in [0.15, 0.2) is 6.07 Å². The molecule has 0 saturated carbocycles. The Hall–Kier alpha value is -2.14. The summed E-state index contributed by atoms with van der Waals surface area (Å²) in [4.78, 5) is 25.9. The van der Waals surface area contributed by atoms with Gasteiger partial charge in [0.2, 0.25) is 5.91 Å². The number of amides is 1. The second-order valence-corrected chi connectivity index (χ2v) is 7.53. The Morgan fingerprint density at radius 2 is 2.00 bits per heavy atom. The molecule has 0 atom stereocenters. The molecule has 1 fully saturated rings. The molecule has 0 bridgehead atoms. The molecule has 0 aliphatic carbocycles. The van der Waals surface area contributed by atoms with Crippen molar-refractivity contribution in [2.24, 2.45) is 5.73 Å². The van der Waals surface area contributed by atoms with E-state index in [0.717, 1.165) is 21.5 Å². The summed E-state index contributed by atoms with van der Waals surface area (Å²) in [5, 5.41) is 0.886. The predicted molar refractivity (Wildman–Crippen MR) is 101 cm³/mol. The van der Waals surface area contributed by atoms with Gasteiger partial charge in [0.05, 0.1) is 5.39 Å². The van der Waals surface area contributed by atoms with Crippen LogP contribution < -0.4 is 15.4 Å². The number of thiophene rings is 1. The maximum atomic E-state index is 12.5. The first kappa shape index (κ1) is 20.6. The van der Waals surface area contributed by atoms with Crippen molar-refractivity contribution in [1.29, 1.82) is 0 Å². The molecular formula is C17H22F3N5O2S. The lowest BCUT2D eigenvalue weighted by Crippen LogP contribution is -2.49. The Morgan fingerprint density at radius 3 is 2.61 bits per heavy atom. The molecule has 0 radical (unpaired) electrons. The van der Waals surface area contributed by atoms with E-state index in [4.69, 9.17) is 10.5 Å². The zero-order valence-corrected chi connectivity index (χ0v) is 16.3. The van der Waals surface area contributed by atoms with E-state index in [-0.39, 0.29) is 25.7 Å². The monoisotopic (exact) mass is 417 g/mol. The van der Waals surface area contributed by atoms with Crippen LogP contribution in [0.1, 0.15) is 18.2 Å². The third-order valence-electron chi connectivity index (χ3n) is 4.38. The van der Waals surface area contributed by atoms with Crippen LogP contribution in [-0.2, 0) is 11.2 Å². The van der Waals surface area contributed by atoms with Gasteiger partial charge in [0, 0.05) is 37.6 Å². The third-order valence-corrected chi connectivity index (χ3v) is 5.56. The highest BCUT2D eigenvalue weighted by Crippen LogP contribution is 2.33. The van der Waals surface area contributed by atoms with Crippen molar-refractivity contribution in [3.8, 4) is 6.01 Å². The Bertz CT molecular complexity index is 834. The first-order valence-electron chi connectivity index (χ1n) is 9.03. The van der Waals surface area contributed by atoms with Gasteiger partial charge in [0.1, 0.15) is 23.7 Å². The van der Waals surface area contributed by atoms with Crippen LogP contribution in [0.4, 0.5) is 19.0 Å². The lowest BCUT2D eigenvalue weighted by molar-refractivity contribution is -0.161. The summed E-state index contributed by atoms with van der Waals surface area (Å²) >= 11 is 1.56. The summed E-state index contributed by atoms with van der Waals surface area (Å²) in [6.45, 7) is 3.88. The molecule has 3 heterocycles. The van der Waals surface area contributed by atoms with E-state index in [9.17, 15) is 18.0 Å². The molecule has 7 nitrogen and oxygen atoms in total. The maximum Gasteiger partial charge on any atom is 0.397 e. The molecule has 0 spiro atoms. The first-order chi connectivity index (χ1) is 13.3. The molecule has 1 aliphatic heterocycles. The average Bonchev–Trinajstić information content (AvgIpc) is 3.07. The molecule has 3 rings (SSSR count). The van der Waals surface area contributed by atoms with Gasteiger partial charge in [-0.2, -0.15) is 23.1 Å². The summed E-state index contributed by atoms with van der Waals surface area (Å²) < 4.78 is 42.9. The number of ether oxygens (including phenoxy) is 1. The number of hydrogen-bond acceptors (Lipinski definition) is 7. The number of carbonyl (C=O) groups excluding carboxylic acids is 1. The number of rotatable bonds is 6. The number of halogens is 3. The molecule has 1 aliphatic rings. The number of anilines is 1. The van der Waals surface area contributed by atoms with Crippen LogP contribution in [-0.4, -0.2) is 66.3 Å². The van der Waals surface area contributed by atoms with E-state index in [0.29, 0.717) is 25.5 Å². The molecular weight excluding hydrogens is 395 g/mol. The van der Waals surface area contributed by atoms with E-state index in [1.807, 2.05) is 11.0 Å². The smallest absolute Gasteiger partial charge is 0.397 e. The molecule has 28 heavy (non-hydrogen) atoms. The number of nitrogens with two attached hydrogens (primary N) is 1. The molecule has 2 N–H and O–H groups in total. The SMILES string of the molecule is CCc1cc2c(N3CCN(C(=O)CC(F)(F)F)CC3)nc(OCCN)nc2s1. The molecule has 154 valence electrons. The van der Waals surface area contributed by atoms with Gasteiger partial charge >= 0.3 is 12.2 Å². The van der Waals surface area contributed by atoms with Gasteiger partial charge in [0.25, 0.3) is 0 Å². The van der Waals surface area contributed by atoms with Crippen LogP contribution in [0.2, 0.25) is 0 Å². The van der Waals surface area contributed by atoms with E-state index in [1.54, 1.807) is 11.3 Å². The Morgan fingerprint density at radius 1 is 1.29 bits per heavy atom. The van der Waals surface area contributed by atoms with E-state index < -0.39 is 18.5 Å². The second kappa shape index (κ2) is 8.48. The van der Waals surface area contributed by atoms with E-state index >= 15 is 0 Å². The van der Waals surface area contributed by atoms with Crippen molar-refractivity contribution in [2.45, 2.75) is 25.9 Å². The van der Waals surface area contributed by atoms with E-state index in [1.165, 1.54) is 4.90 Å². The number of fused-ring (bicyclic) bond motifs is 1. The largest absolute Gasteiger partial charge is 0.462 e. The highest BCUT2D eigenvalue weighted by molar-refractivity contribution is 7.18. The minimum atomic E-state index is -4.49. The number of aromatic nitrogens is 2. The van der Waals surface area contributed by atoms with Gasteiger partial charge in [0.15, 0.2) is 0 Å². The zero-order chi connectivity index (χ0) is 20.3. The third kappa shape index (κ3) is 4.82. The van der Waals surface area contributed by atoms with Gasteiger partial charge in [-0.15, -0.1) is 11.3 Å². The highest BCUT2D eigenvalue weighted by atomic mass is 32.1. The minimum absolute atomic E-state index is 0.212. The molecule has 0 unspecified atom stereocenters. The van der Waals surface area contributed by atoms with Crippen molar-refractivity contribution in [1.82, 2.24) is 14.9 Å². The topological polar surface area (TPSA) is 84.6 Å². The number of piperazine rings is 1. The molecule has 1 amide bonds. The fraction of sp³-hybridized carbons (Fsp3) is 0.588. The fourth-order valence-electron chi connectivity index (χ4n) is 3.02. The van der Waals surface area contributed by atoms with Crippen LogP contribution in [0.5, 0.6) is 6.01 Å². The second-order valence-electron chi connectivity index (χ2n) is 6.41. The summed E-state index contributed by atoms with van der Waals surface area (Å²) in [7, 11) is 0. The van der Waals surface area contributed by atoms with Gasteiger partial charge in [-0.05, 0) is 12.5 Å². The summed E-state index contributed by atoms with van der Waals surface area (Å²) in [6.07, 6.45) is -5.05. The quantitative estimate of drug-likeness (QED) is 0.776. The normalized spacial score (nSPS) is 15.3. The van der Waals surface area contributed by atoms with Gasteiger partial charge in [-0.25, -0.2) is 0 Å². The summed E-state index contributed by atoms with van der Waals surface area (Å²) in [5.74, 6) is -0.216. The van der Waals surface area contributed by atoms with Gasteiger partial charge in [-0.3, -0.25) is 4.79 Å². The zero-order valence-electron chi connectivity index (χ0n) is 15.5. The maximum absolute atomic E-state index is 12.5. The van der Waals surface area contributed by atoms with Crippen molar-refractivity contribution in [3.63, 3.8) is 0 Å². The molecule has 11 heteroatoms. The van der Waals surface area contributed by atoms with Gasteiger partial charge < -0.3 is 20.3 Å². The van der Waals surface area contributed by atoms with Crippen LogP contribution in [0.25, 0.3) is 10.2 Å². The van der Waals surface area contributed by atoms with Crippen molar-refractivity contribution in [3.05, 3.63) is 10.9 Å². The van der Waals surface area contributed by atoms with E-state index in [2.05, 4.69) is 16.9 Å². The molecule has 2 aromatic rings. The number of hydrogen-bond donors (Lipinski definition) is 1. The summed E-state index contributed by atoms with van der Waals surface area (Å²) in [5.41, 5.74) is 5.48. The number of carbonyl (C=O) groups is 1. The lowest BCUT2D eigenvalue weighted by Gasteiger charge is -2.35. The fourth-order valence-corrected chi connectivity index (χ4v) is 3.97. The minimum Gasteiger partial charge on any atom is -0.462 e. The Kier molecular flexibility index (Phi) is 6.23. The molecule has 1 saturated heterocycles. The molecule has 2 aromatic heterocycles. The molecule has 0 aromatic carbocycles. The van der Waals surface area contributed by atoms with Gasteiger partial charge in [-0.1, -0.05) is 6.92 Å². The predicted octanol–water partition coefficient (Wildman–Crippen LogP) is 2.19. The Balaban J connectivity index is 1.79. The number of aryl methyl sites for hydroxylation is 1.